The Morgan fingerprint density at radius 2 is 0.613 bits per heavy atom. The largest absolute Gasteiger partial charge is 0.756 e. The van der Waals surface area contributed by atoms with Crippen molar-refractivity contribution in [1.82, 2.24) is 0 Å². The number of carbonyl (C=O) groups is 2. The van der Waals surface area contributed by atoms with Gasteiger partial charge in [0.25, 0.3) is 7.82 Å². The normalized spacial score (nSPS) is 13.5. The summed E-state index contributed by atoms with van der Waals surface area (Å²) >= 11 is 0. The minimum Gasteiger partial charge on any atom is -0.756 e. The Hall–Kier alpha value is -2.81. The van der Waals surface area contributed by atoms with E-state index in [9.17, 15) is 19.0 Å². The lowest BCUT2D eigenvalue weighted by Crippen LogP contribution is -2.37. The van der Waals surface area contributed by atoms with Crippen molar-refractivity contribution in [3.8, 4) is 0 Å². The molecule has 0 aliphatic carbocycles. The van der Waals surface area contributed by atoms with E-state index in [-0.39, 0.29) is 32.0 Å². The number of unbranched alkanes of at least 4 members (excludes halogenated alkanes) is 46. The number of phosphoric ester groups is 1. The minimum absolute atomic E-state index is 0.0338. The van der Waals surface area contributed by atoms with E-state index in [1.165, 1.54) is 257 Å². The van der Waals surface area contributed by atoms with Gasteiger partial charge in [0.2, 0.25) is 0 Å². The molecule has 10 heteroatoms. The van der Waals surface area contributed by atoms with Gasteiger partial charge in [-0.05, 0) is 70.6 Å². The van der Waals surface area contributed by atoms with E-state index in [0.717, 1.165) is 89.9 Å². The number of quaternary nitrogens is 1. The highest BCUT2D eigenvalue weighted by Gasteiger charge is 2.22. The van der Waals surface area contributed by atoms with Crippen molar-refractivity contribution in [3.05, 3.63) is 85.1 Å². The number of hydrogen-bond donors (Lipinski definition) is 0. The van der Waals surface area contributed by atoms with Gasteiger partial charge >= 0.3 is 11.9 Å². The molecule has 0 rings (SSSR count). The fraction of sp³-hybridized carbons (Fsp3) is 0.807. The summed E-state index contributed by atoms with van der Waals surface area (Å²) in [5, 5.41) is 0. The third kappa shape index (κ3) is 78.1. The third-order valence-electron chi connectivity index (χ3n) is 17.7. The molecule has 0 aliphatic heterocycles. The summed E-state index contributed by atoms with van der Waals surface area (Å²) in [5.41, 5.74) is 0. The van der Waals surface area contributed by atoms with Crippen molar-refractivity contribution in [3.63, 3.8) is 0 Å². The quantitative estimate of drug-likeness (QED) is 0.0195. The number of phosphoric acid groups is 1. The molecular formula is C83H152NO8P. The van der Waals surface area contributed by atoms with E-state index in [0.29, 0.717) is 17.4 Å². The van der Waals surface area contributed by atoms with Crippen LogP contribution >= 0.6 is 7.82 Å². The Morgan fingerprint density at radius 1 is 0.344 bits per heavy atom. The monoisotopic (exact) mass is 1320 g/mol. The van der Waals surface area contributed by atoms with E-state index in [1.807, 2.05) is 21.1 Å². The summed E-state index contributed by atoms with van der Waals surface area (Å²) in [7, 11) is 1.17. The van der Waals surface area contributed by atoms with Crippen LogP contribution < -0.4 is 4.89 Å². The van der Waals surface area contributed by atoms with Gasteiger partial charge in [-0.15, -0.1) is 0 Å². The lowest BCUT2D eigenvalue weighted by atomic mass is 10.0. The number of ether oxygens (including phenoxy) is 2. The summed E-state index contributed by atoms with van der Waals surface area (Å²) in [6, 6.07) is 0. The number of allylic oxidation sites excluding steroid dienone is 14. The second-order valence-corrected chi connectivity index (χ2v) is 29.5. The molecule has 0 bridgehead atoms. The molecule has 542 valence electrons. The molecule has 0 aromatic heterocycles. The molecule has 0 saturated carbocycles. The predicted octanol–water partition coefficient (Wildman–Crippen LogP) is 25.8. The Balaban J connectivity index is 3.95. The summed E-state index contributed by atoms with van der Waals surface area (Å²) in [6.07, 6.45) is 101. The van der Waals surface area contributed by atoms with E-state index >= 15 is 0 Å². The van der Waals surface area contributed by atoms with E-state index in [2.05, 4.69) is 98.9 Å². The summed E-state index contributed by atoms with van der Waals surface area (Å²) in [6.45, 7) is 4.17. The van der Waals surface area contributed by atoms with Gasteiger partial charge in [0.15, 0.2) is 6.10 Å². The molecule has 2 unspecified atom stereocenters. The average molecular weight is 1320 g/mol. The number of rotatable bonds is 74. The number of carbonyl (C=O) groups excluding carboxylic acids is 2. The number of esters is 2. The van der Waals surface area contributed by atoms with E-state index in [4.69, 9.17) is 18.5 Å². The Kier molecular flexibility index (Phi) is 71.2. The van der Waals surface area contributed by atoms with Crippen molar-refractivity contribution < 1.29 is 42.1 Å². The Morgan fingerprint density at radius 3 is 0.914 bits per heavy atom. The molecule has 0 N–H and O–H groups in total. The zero-order valence-electron chi connectivity index (χ0n) is 62.0. The van der Waals surface area contributed by atoms with E-state index < -0.39 is 26.5 Å². The third-order valence-corrected chi connectivity index (χ3v) is 18.6. The summed E-state index contributed by atoms with van der Waals surface area (Å²) < 4.78 is 34.4. The van der Waals surface area contributed by atoms with Gasteiger partial charge in [-0.1, -0.05) is 381 Å². The Bertz CT molecular complexity index is 1850. The topological polar surface area (TPSA) is 111 Å². The predicted molar refractivity (Wildman–Crippen MR) is 402 cm³/mol. The molecule has 0 aromatic carbocycles. The molecule has 0 spiro atoms. The maximum atomic E-state index is 12.9. The molecule has 2 atom stereocenters. The van der Waals surface area contributed by atoms with Gasteiger partial charge in [0.1, 0.15) is 19.8 Å². The average Bonchev–Trinajstić information content (AvgIpc) is 2.02. The van der Waals surface area contributed by atoms with Crippen molar-refractivity contribution >= 4 is 19.8 Å². The molecule has 0 radical (unpaired) electrons. The first-order valence-corrected chi connectivity index (χ1v) is 41.3. The molecule has 0 saturated heterocycles. The van der Waals surface area contributed by atoms with Gasteiger partial charge in [0, 0.05) is 12.8 Å². The van der Waals surface area contributed by atoms with Crippen LogP contribution in [0.4, 0.5) is 0 Å². The SMILES string of the molecule is CC/C=C\C/C=C\C/C=C\C/C=C\C/C=C\C/C=C\C/C=C\CCCCCCCCCCCC(=O)OC(COC(=O)CCCCCCCCCCCCCCCCCCCCCCCCCCCCCCCCCCCCCCCC)COP(=O)([O-])OCC[N+](C)(C)C. The van der Waals surface area contributed by atoms with Crippen LogP contribution in [0.15, 0.2) is 85.1 Å². The number of hydrogen-bond acceptors (Lipinski definition) is 8. The molecule has 9 nitrogen and oxygen atoms in total. The molecule has 0 heterocycles. The van der Waals surface area contributed by atoms with Crippen LogP contribution in [-0.2, 0) is 32.7 Å². The zero-order chi connectivity index (χ0) is 67.6. The fourth-order valence-electron chi connectivity index (χ4n) is 11.6. The smallest absolute Gasteiger partial charge is 0.306 e. The highest BCUT2D eigenvalue weighted by atomic mass is 31.2. The highest BCUT2D eigenvalue weighted by Crippen LogP contribution is 2.38. The van der Waals surface area contributed by atoms with Crippen LogP contribution in [0.2, 0.25) is 0 Å². The van der Waals surface area contributed by atoms with Gasteiger partial charge in [-0.25, -0.2) is 0 Å². The van der Waals surface area contributed by atoms with E-state index in [1.54, 1.807) is 0 Å². The van der Waals surface area contributed by atoms with Crippen LogP contribution in [0.25, 0.3) is 0 Å². The van der Waals surface area contributed by atoms with Crippen molar-refractivity contribution in [1.29, 1.82) is 0 Å². The first kappa shape index (κ1) is 90.2. The zero-order valence-corrected chi connectivity index (χ0v) is 62.8. The van der Waals surface area contributed by atoms with Gasteiger partial charge in [-0.3, -0.25) is 14.2 Å². The van der Waals surface area contributed by atoms with Gasteiger partial charge < -0.3 is 27.9 Å². The first-order chi connectivity index (χ1) is 45.5. The highest BCUT2D eigenvalue weighted by molar-refractivity contribution is 7.45. The molecule has 0 fully saturated rings. The summed E-state index contributed by atoms with van der Waals surface area (Å²) in [4.78, 5) is 38.2. The second kappa shape index (κ2) is 73.4. The molecule has 0 aromatic rings. The van der Waals surface area contributed by atoms with Crippen LogP contribution in [0, 0.1) is 0 Å². The van der Waals surface area contributed by atoms with Crippen molar-refractivity contribution in [2.45, 2.75) is 386 Å². The maximum absolute atomic E-state index is 12.9. The number of nitrogens with zero attached hydrogens (tertiary/aromatic N) is 1. The number of likely N-dealkylation sites (N-methyl/N-ethyl adjacent to an activating group) is 1. The first-order valence-electron chi connectivity index (χ1n) is 39.8. The minimum atomic E-state index is -4.65. The lowest BCUT2D eigenvalue weighted by molar-refractivity contribution is -0.870. The second-order valence-electron chi connectivity index (χ2n) is 28.1. The Labute approximate surface area is 577 Å². The van der Waals surface area contributed by atoms with Crippen molar-refractivity contribution in [2.75, 3.05) is 47.5 Å². The van der Waals surface area contributed by atoms with Crippen LogP contribution in [0.5, 0.6) is 0 Å². The summed E-state index contributed by atoms with van der Waals surface area (Å²) in [5.74, 6) is -0.828. The maximum Gasteiger partial charge on any atom is 0.306 e. The van der Waals surface area contributed by atoms with Crippen LogP contribution in [0.3, 0.4) is 0 Å². The van der Waals surface area contributed by atoms with Crippen LogP contribution in [0.1, 0.15) is 380 Å². The van der Waals surface area contributed by atoms with Crippen molar-refractivity contribution in [2.24, 2.45) is 0 Å². The lowest BCUT2D eigenvalue weighted by Gasteiger charge is -2.28. The van der Waals surface area contributed by atoms with Gasteiger partial charge in [0.05, 0.1) is 27.7 Å². The van der Waals surface area contributed by atoms with Gasteiger partial charge in [-0.2, -0.15) is 0 Å². The molecule has 0 amide bonds. The standard InChI is InChI=1S/C83H152NO8P/c1-6-8-10-12-14-16-18-20-22-24-26-28-30-32-34-36-38-39-40-41-42-43-44-46-47-49-51-53-55-57-59-61-63-65-67-69-71-73-75-82(85)89-79-81(80-91-93(87,88)90-78-77-84(3,4)5)92-83(86)76-74-72-70-68-66-64-62-60-58-56-54-52-50-48-45-37-35-33-31-29-27-25-23-21-19-17-15-13-11-9-7-2/h9,11,15,17,21,23,27,29,33,35,45,48,52,54,81H,6-8,10,12-14,16,18-20,22,24-26,28,30-32,34,36-44,46-47,49-51,53,55-80H2,1-5H3/b11-9-,17-15-,23-21-,29-27-,35-33-,48-45-,54-52-. The fourth-order valence-corrected chi connectivity index (χ4v) is 12.4. The molecule has 0 aliphatic rings. The molecule has 93 heavy (non-hydrogen) atoms. The molecular weight excluding hydrogens is 1170 g/mol. The van der Waals surface area contributed by atoms with Crippen LogP contribution in [-0.4, -0.2) is 70.0 Å².